The number of rotatable bonds is 6. The zero-order valence-corrected chi connectivity index (χ0v) is 18.1. The molecule has 0 unspecified atom stereocenters. The van der Waals surface area contributed by atoms with Crippen LogP contribution in [0.4, 0.5) is 11.4 Å². The minimum atomic E-state index is -0.327. The fourth-order valence-electron chi connectivity index (χ4n) is 4.07. The van der Waals surface area contributed by atoms with Gasteiger partial charge in [-0.05, 0) is 55.9 Å². The van der Waals surface area contributed by atoms with E-state index in [4.69, 9.17) is 21.1 Å². The highest BCUT2D eigenvalue weighted by Gasteiger charge is 2.19. The van der Waals surface area contributed by atoms with Crippen LogP contribution in [0.5, 0.6) is 0 Å². The zero-order chi connectivity index (χ0) is 20.9. The molecule has 0 amide bonds. The quantitative estimate of drug-likeness (QED) is 0.755. The fourth-order valence-corrected chi connectivity index (χ4v) is 4.27. The van der Waals surface area contributed by atoms with E-state index < -0.39 is 0 Å². The molecule has 1 aromatic heterocycles. The molecular weight excluding hydrogens is 404 g/mol. The maximum Gasteiger partial charge on any atom is 0.292 e. The molecule has 162 valence electrons. The van der Waals surface area contributed by atoms with Crippen molar-refractivity contribution in [2.75, 3.05) is 50.2 Å². The highest BCUT2D eigenvalue weighted by molar-refractivity contribution is 6.32. The lowest BCUT2D eigenvalue weighted by Gasteiger charge is -2.33. The first-order valence-electron chi connectivity index (χ1n) is 10.6. The van der Waals surface area contributed by atoms with Crippen molar-refractivity contribution < 1.29 is 9.47 Å². The number of hydrogen-bond acceptors (Lipinski definition) is 6. The van der Waals surface area contributed by atoms with E-state index in [1.54, 1.807) is 6.20 Å². The van der Waals surface area contributed by atoms with Crippen molar-refractivity contribution in [3.8, 4) is 5.69 Å². The molecule has 0 spiro atoms. The van der Waals surface area contributed by atoms with Crippen molar-refractivity contribution in [1.82, 2.24) is 9.78 Å². The van der Waals surface area contributed by atoms with Gasteiger partial charge >= 0.3 is 0 Å². The molecule has 2 fully saturated rings. The molecule has 0 radical (unpaired) electrons. The zero-order valence-electron chi connectivity index (χ0n) is 17.3. The monoisotopic (exact) mass is 432 g/mol. The molecule has 2 aromatic rings. The van der Waals surface area contributed by atoms with Crippen LogP contribution in [0, 0.1) is 5.92 Å². The number of hydrogen-bond donors (Lipinski definition) is 1. The molecule has 3 heterocycles. The van der Waals surface area contributed by atoms with Gasteiger partial charge < -0.3 is 19.7 Å². The van der Waals surface area contributed by atoms with Crippen LogP contribution < -0.4 is 15.8 Å². The Labute approximate surface area is 181 Å². The number of nitrogens with one attached hydrogen (secondary N) is 1. The Hall–Kier alpha value is -2.09. The maximum atomic E-state index is 12.8. The molecular formula is C22H29ClN4O3. The predicted molar refractivity (Wildman–Crippen MR) is 119 cm³/mol. The number of benzene rings is 1. The Bertz CT molecular complexity index is 890. The van der Waals surface area contributed by atoms with E-state index in [1.165, 1.54) is 4.68 Å². The fraction of sp³-hybridized carbons (Fsp3) is 0.545. The minimum Gasteiger partial charge on any atom is -0.382 e. The van der Waals surface area contributed by atoms with Gasteiger partial charge in [0.25, 0.3) is 5.56 Å². The number of aromatic nitrogens is 2. The highest BCUT2D eigenvalue weighted by Crippen LogP contribution is 2.23. The average molecular weight is 433 g/mol. The first-order chi connectivity index (χ1) is 14.6. The lowest BCUT2D eigenvalue weighted by atomic mass is 10.0. The van der Waals surface area contributed by atoms with Crippen LogP contribution in [0.15, 0.2) is 35.3 Å². The van der Waals surface area contributed by atoms with E-state index in [1.807, 2.05) is 24.3 Å². The predicted octanol–water partition coefficient (Wildman–Crippen LogP) is 3.34. The number of ether oxygens (including phenoxy) is 2. The molecule has 0 aliphatic carbocycles. The van der Waals surface area contributed by atoms with Crippen LogP contribution in [0.25, 0.3) is 5.69 Å². The topological polar surface area (TPSA) is 68.6 Å². The van der Waals surface area contributed by atoms with Gasteiger partial charge in [0.2, 0.25) is 0 Å². The van der Waals surface area contributed by atoms with Crippen molar-refractivity contribution in [1.29, 1.82) is 0 Å². The molecule has 4 rings (SSSR count). The van der Waals surface area contributed by atoms with Crippen LogP contribution in [0.3, 0.4) is 0 Å². The van der Waals surface area contributed by atoms with E-state index in [0.29, 0.717) is 23.3 Å². The molecule has 1 atom stereocenters. The summed E-state index contributed by atoms with van der Waals surface area (Å²) in [5, 5.41) is 7.75. The smallest absolute Gasteiger partial charge is 0.292 e. The molecule has 0 saturated carbocycles. The van der Waals surface area contributed by atoms with Gasteiger partial charge in [-0.1, -0.05) is 11.6 Å². The minimum absolute atomic E-state index is 0.158. The Balaban J connectivity index is 1.45. The van der Waals surface area contributed by atoms with Crippen molar-refractivity contribution in [2.24, 2.45) is 5.92 Å². The first-order valence-corrected chi connectivity index (χ1v) is 11.0. The van der Waals surface area contributed by atoms with Gasteiger partial charge in [0.1, 0.15) is 5.02 Å². The molecule has 8 heteroatoms. The van der Waals surface area contributed by atoms with Crippen LogP contribution in [-0.4, -0.2) is 55.8 Å². The van der Waals surface area contributed by atoms with Crippen molar-refractivity contribution in [3.63, 3.8) is 0 Å². The molecule has 30 heavy (non-hydrogen) atoms. The van der Waals surface area contributed by atoms with E-state index in [2.05, 4.69) is 22.4 Å². The lowest BCUT2D eigenvalue weighted by molar-refractivity contribution is 0.0595. The molecule has 1 N–H and O–H groups in total. The Morgan fingerprint density at radius 2 is 1.93 bits per heavy atom. The molecule has 0 bridgehead atoms. The Morgan fingerprint density at radius 3 is 2.63 bits per heavy atom. The van der Waals surface area contributed by atoms with Gasteiger partial charge in [0, 0.05) is 45.1 Å². The second kappa shape index (κ2) is 9.81. The van der Waals surface area contributed by atoms with E-state index in [0.717, 1.165) is 64.3 Å². The highest BCUT2D eigenvalue weighted by atomic mass is 35.5. The summed E-state index contributed by atoms with van der Waals surface area (Å²) >= 11 is 6.36. The van der Waals surface area contributed by atoms with Crippen LogP contribution in [-0.2, 0) is 9.47 Å². The van der Waals surface area contributed by atoms with Crippen molar-refractivity contribution in [3.05, 3.63) is 45.8 Å². The van der Waals surface area contributed by atoms with Gasteiger partial charge in [-0.2, -0.15) is 9.78 Å². The van der Waals surface area contributed by atoms with Gasteiger partial charge in [0.15, 0.2) is 0 Å². The second-order valence-electron chi connectivity index (χ2n) is 8.02. The third kappa shape index (κ3) is 4.79. The summed E-state index contributed by atoms with van der Waals surface area (Å²) in [6, 6.07) is 8.31. The molecule has 2 saturated heterocycles. The number of nitrogens with zero attached hydrogens (tertiary/aromatic N) is 3. The van der Waals surface area contributed by atoms with Gasteiger partial charge in [-0.15, -0.1) is 0 Å². The van der Waals surface area contributed by atoms with Gasteiger partial charge in [-0.25, -0.2) is 0 Å². The molecule has 1 aromatic carbocycles. The van der Waals surface area contributed by atoms with Crippen molar-refractivity contribution in [2.45, 2.75) is 31.7 Å². The lowest BCUT2D eigenvalue weighted by Crippen LogP contribution is -2.36. The van der Waals surface area contributed by atoms with Crippen LogP contribution >= 0.6 is 11.6 Å². The van der Waals surface area contributed by atoms with E-state index in [9.17, 15) is 4.79 Å². The summed E-state index contributed by atoms with van der Waals surface area (Å²) in [7, 11) is 2.10. The summed E-state index contributed by atoms with van der Waals surface area (Å²) in [5.74, 6) is 0.428. The van der Waals surface area contributed by atoms with Gasteiger partial charge in [0.05, 0.1) is 24.2 Å². The summed E-state index contributed by atoms with van der Waals surface area (Å²) in [5.41, 5.74) is 2.04. The first kappa shape index (κ1) is 21.2. The van der Waals surface area contributed by atoms with Gasteiger partial charge in [-0.3, -0.25) is 4.79 Å². The van der Waals surface area contributed by atoms with Crippen molar-refractivity contribution >= 4 is 23.0 Å². The largest absolute Gasteiger partial charge is 0.382 e. The standard InChI is InChI=1S/C22H29ClN4O3/c1-26(18-8-11-29-12-9-18)17-4-6-19(7-5-17)27-22(28)21(23)20(14-25-27)24-13-16-3-2-10-30-15-16/h4-7,14,16,18,24H,2-3,8-13,15H2,1H3/t16-/m1/s1. The van der Waals surface area contributed by atoms with Crippen LogP contribution in [0.1, 0.15) is 25.7 Å². The number of anilines is 2. The maximum absolute atomic E-state index is 12.8. The van der Waals surface area contributed by atoms with Crippen LogP contribution in [0.2, 0.25) is 5.02 Å². The summed E-state index contributed by atoms with van der Waals surface area (Å²) in [6.07, 6.45) is 5.85. The Morgan fingerprint density at radius 1 is 1.17 bits per heavy atom. The molecule has 2 aliphatic heterocycles. The SMILES string of the molecule is CN(c1ccc(-n2ncc(NC[C@H]3CCCOC3)c(Cl)c2=O)cc1)C1CCOCC1. The molecule has 2 aliphatic rings. The van der Waals surface area contributed by atoms with E-state index >= 15 is 0 Å². The van der Waals surface area contributed by atoms with E-state index in [-0.39, 0.29) is 10.6 Å². The second-order valence-corrected chi connectivity index (χ2v) is 8.40. The Kier molecular flexibility index (Phi) is 6.92. The average Bonchev–Trinajstić information content (AvgIpc) is 2.81. The third-order valence-electron chi connectivity index (χ3n) is 5.99. The summed E-state index contributed by atoms with van der Waals surface area (Å²) in [4.78, 5) is 15.1. The molecule has 7 nitrogen and oxygen atoms in total. The normalized spacial score (nSPS) is 20.1. The number of halogens is 1. The summed E-state index contributed by atoms with van der Waals surface area (Å²) < 4.78 is 12.3. The third-order valence-corrected chi connectivity index (χ3v) is 6.36. The summed E-state index contributed by atoms with van der Waals surface area (Å²) in [6.45, 7) is 3.90.